The van der Waals surface area contributed by atoms with Crippen molar-refractivity contribution < 1.29 is 4.74 Å². The van der Waals surface area contributed by atoms with Gasteiger partial charge in [-0.25, -0.2) is 0 Å². The summed E-state index contributed by atoms with van der Waals surface area (Å²) >= 11 is 5.65. The molecule has 0 aliphatic carbocycles. The fraction of sp³-hybridized carbons (Fsp3) is 0.600. The number of hydrogen-bond acceptors (Lipinski definition) is 4. The Hall–Kier alpha value is -0.230. The van der Waals surface area contributed by atoms with Gasteiger partial charge in [0.05, 0.1) is 11.6 Å². The predicted molar refractivity (Wildman–Crippen MR) is 90.6 cm³/mol. The van der Waals surface area contributed by atoms with E-state index in [-0.39, 0.29) is 0 Å². The summed E-state index contributed by atoms with van der Waals surface area (Å²) in [7, 11) is 1.69. The van der Waals surface area contributed by atoms with Crippen LogP contribution in [0.1, 0.15) is 24.9 Å². The van der Waals surface area contributed by atoms with Gasteiger partial charge in [0.1, 0.15) is 5.75 Å². The zero-order valence-corrected chi connectivity index (χ0v) is 14.5. The van der Waals surface area contributed by atoms with Gasteiger partial charge in [-0.3, -0.25) is 4.90 Å². The van der Waals surface area contributed by atoms with E-state index in [1.165, 1.54) is 17.7 Å². The van der Waals surface area contributed by atoms with E-state index in [1.54, 1.807) is 7.11 Å². The third-order valence-electron chi connectivity index (χ3n) is 3.85. The lowest BCUT2D eigenvalue weighted by atomic mass is 10.0. The van der Waals surface area contributed by atoms with Gasteiger partial charge in [0, 0.05) is 36.7 Å². The summed E-state index contributed by atoms with van der Waals surface area (Å²) in [5.41, 5.74) is 7.31. The van der Waals surface area contributed by atoms with Crippen LogP contribution in [0, 0.1) is 0 Å². The lowest BCUT2D eigenvalue weighted by Gasteiger charge is -2.37. The number of ether oxygens (including phenoxy) is 1. The largest absolute Gasteiger partial charge is 0.496 e. The lowest BCUT2D eigenvalue weighted by Crippen LogP contribution is -2.42. The molecule has 0 aromatic heterocycles. The fourth-order valence-electron chi connectivity index (χ4n) is 2.66. The minimum atomic E-state index is 0.298. The highest BCUT2D eigenvalue weighted by molar-refractivity contribution is 9.10. The molecule has 0 spiro atoms. The molecule has 2 atom stereocenters. The van der Waals surface area contributed by atoms with Crippen molar-refractivity contribution in [2.45, 2.75) is 24.6 Å². The van der Waals surface area contributed by atoms with Crippen LogP contribution in [-0.2, 0) is 0 Å². The molecule has 2 unspecified atom stereocenters. The molecule has 0 radical (unpaired) electrons. The first-order chi connectivity index (χ1) is 9.69. The maximum Gasteiger partial charge on any atom is 0.133 e. The average Bonchev–Trinajstić information content (AvgIpc) is 2.48. The molecule has 0 amide bonds. The summed E-state index contributed by atoms with van der Waals surface area (Å²) in [6.07, 6.45) is 1.23. The van der Waals surface area contributed by atoms with Crippen LogP contribution in [0.5, 0.6) is 5.75 Å². The minimum absolute atomic E-state index is 0.298. The second-order valence-electron chi connectivity index (χ2n) is 5.04. The highest BCUT2D eigenvalue weighted by atomic mass is 79.9. The van der Waals surface area contributed by atoms with Crippen LogP contribution in [0.3, 0.4) is 0 Å². The molecular weight excluding hydrogens is 336 g/mol. The topological polar surface area (TPSA) is 38.5 Å². The SMILES string of the molecule is CCC1CN(C(CN)c2ccc(OC)c(Br)c2)CCS1. The molecule has 0 saturated carbocycles. The highest BCUT2D eigenvalue weighted by Gasteiger charge is 2.26. The van der Waals surface area contributed by atoms with Crippen molar-refractivity contribution in [3.63, 3.8) is 0 Å². The number of hydrogen-bond donors (Lipinski definition) is 1. The van der Waals surface area contributed by atoms with Crippen molar-refractivity contribution in [3.05, 3.63) is 28.2 Å². The summed E-state index contributed by atoms with van der Waals surface area (Å²) in [4.78, 5) is 2.53. The fourth-order valence-corrected chi connectivity index (χ4v) is 4.42. The third-order valence-corrected chi connectivity index (χ3v) is 5.84. The Labute approximate surface area is 134 Å². The van der Waals surface area contributed by atoms with Crippen LogP contribution in [0.2, 0.25) is 0 Å². The number of nitrogens with zero attached hydrogens (tertiary/aromatic N) is 1. The van der Waals surface area contributed by atoms with Crippen molar-refractivity contribution in [2.75, 3.05) is 32.5 Å². The molecule has 1 heterocycles. The first-order valence-electron chi connectivity index (χ1n) is 7.08. The van der Waals surface area contributed by atoms with E-state index in [0.717, 1.165) is 28.6 Å². The van der Waals surface area contributed by atoms with Gasteiger partial charge in [-0.15, -0.1) is 0 Å². The summed E-state index contributed by atoms with van der Waals surface area (Å²) in [6, 6.07) is 6.58. The van der Waals surface area contributed by atoms with Gasteiger partial charge in [-0.1, -0.05) is 13.0 Å². The molecule has 3 nitrogen and oxygen atoms in total. The van der Waals surface area contributed by atoms with Gasteiger partial charge >= 0.3 is 0 Å². The van der Waals surface area contributed by atoms with E-state index in [0.29, 0.717) is 12.6 Å². The standard InChI is InChI=1S/C15H23BrN2OS/c1-3-12-10-18(6-7-20-12)14(9-17)11-4-5-15(19-2)13(16)8-11/h4-5,8,12,14H,3,6-7,9-10,17H2,1-2H3. The maximum absolute atomic E-state index is 6.05. The molecule has 2 rings (SSSR count). The van der Waals surface area contributed by atoms with Crippen LogP contribution < -0.4 is 10.5 Å². The van der Waals surface area contributed by atoms with Crippen LogP contribution >= 0.6 is 27.7 Å². The molecule has 1 aromatic carbocycles. The van der Waals surface area contributed by atoms with Crippen molar-refractivity contribution in [3.8, 4) is 5.75 Å². The van der Waals surface area contributed by atoms with E-state index in [2.05, 4.69) is 51.6 Å². The number of nitrogens with two attached hydrogens (primary N) is 1. The summed E-state index contributed by atoms with van der Waals surface area (Å²) in [5, 5.41) is 0.736. The van der Waals surface area contributed by atoms with E-state index in [9.17, 15) is 0 Å². The number of halogens is 1. The first-order valence-corrected chi connectivity index (χ1v) is 8.92. The number of benzene rings is 1. The summed E-state index contributed by atoms with van der Waals surface area (Å²) in [5.74, 6) is 2.07. The van der Waals surface area contributed by atoms with Gasteiger partial charge in [0.25, 0.3) is 0 Å². The molecule has 20 heavy (non-hydrogen) atoms. The van der Waals surface area contributed by atoms with E-state index in [1.807, 2.05) is 6.07 Å². The van der Waals surface area contributed by atoms with Gasteiger partial charge in [0.15, 0.2) is 0 Å². The molecular formula is C15H23BrN2OS. The first kappa shape index (κ1) is 16.1. The van der Waals surface area contributed by atoms with Gasteiger partial charge in [0.2, 0.25) is 0 Å². The average molecular weight is 359 g/mol. The molecule has 1 aliphatic heterocycles. The number of methoxy groups -OCH3 is 1. The molecule has 1 aromatic rings. The van der Waals surface area contributed by atoms with Crippen LogP contribution in [0.15, 0.2) is 22.7 Å². The predicted octanol–water partition coefficient (Wildman–Crippen LogP) is 3.28. The van der Waals surface area contributed by atoms with Crippen molar-refractivity contribution in [1.82, 2.24) is 4.90 Å². The zero-order valence-electron chi connectivity index (χ0n) is 12.1. The molecule has 1 aliphatic rings. The van der Waals surface area contributed by atoms with E-state index in [4.69, 9.17) is 10.5 Å². The highest BCUT2D eigenvalue weighted by Crippen LogP contribution is 2.32. The van der Waals surface area contributed by atoms with Crippen molar-refractivity contribution in [2.24, 2.45) is 5.73 Å². The van der Waals surface area contributed by atoms with Crippen molar-refractivity contribution >= 4 is 27.7 Å². The second kappa shape index (κ2) is 7.69. The van der Waals surface area contributed by atoms with Gasteiger partial charge in [-0.05, 0) is 40.0 Å². The van der Waals surface area contributed by atoms with Crippen LogP contribution in [-0.4, -0.2) is 42.6 Å². The smallest absolute Gasteiger partial charge is 0.133 e. The second-order valence-corrected chi connectivity index (χ2v) is 7.30. The summed E-state index contributed by atoms with van der Waals surface area (Å²) < 4.78 is 6.29. The molecule has 112 valence electrons. The minimum Gasteiger partial charge on any atom is -0.496 e. The van der Waals surface area contributed by atoms with E-state index >= 15 is 0 Å². The number of thioether (sulfide) groups is 1. The Morgan fingerprint density at radius 1 is 1.55 bits per heavy atom. The Balaban J connectivity index is 2.16. The Bertz CT molecular complexity index is 444. The van der Waals surface area contributed by atoms with Crippen LogP contribution in [0.25, 0.3) is 0 Å². The molecule has 1 saturated heterocycles. The van der Waals surface area contributed by atoms with Gasteiger partial charge < -0.3 is 10.5 Å². The van der Waals surface area contributed by atoms with Gasteiger partial charge in [-0.2, -0.15) is 11.8 Å². The zero-order chi connectivity index (χ0) is 14.5. The third kappa shape index (κ3) is 3.70. The normalized spacial score (nSPS) is 21.7. The van der Waals surface area contributed by atoms with Crippen molar-refractivity contribution in [1.29, 1.82) is 0 Å². The van der Waals surface area contributed by atoms with E-state index < -0.39 is 0 Å². The Kier molecular flexibility index (Phi) is 6.20. The molecule has 0 bridgehead atoms. The molecule has 1 fully saturated rings. The Morgan fingerprint density at radius 3 is 2.95 bits per heavy atom. The maximum atomic E-state index is 6.05. The summed E-state index contributed by atoms with van der Waals surface area (Å²) in [6.45, 7) is 5.17. The quantitative estimate of drug-likeness (QED) is 0.876. The Morgan fingerprint density at radius 2 is 2.35 bits per heavy atom. The van der Waals surface area contributed by atoms with Crippen LogP contribution in [0.4, 0.5) is 0 Å². The number of rotatable bonds is 5. The lowest BCUT2D eigenvalue weighted by molar-refractivity contribution is 0.207. The monoisotopic (exact) mass is 358 g/mol. The molecule has 2 N–H and O–H groups in total. The molecule has 5 heteroatoms.